The van der Waals surface area contributed by atoms with E-state index in [1.807, 2.05) is 0 Å². The summed E-state index contributed by atoms with van der Waals surface area (Å²) in [5, 5.41) is 56.7. The maximum atomic E-state index is 12.7. The first-order chi connectivity index (χ1) is 16.9. The van der Waals surface area contributed by atoms with Crippen molar-refractivity contribution in [3.63, 3.8) is 0 Å². The predicted molar refractivity (Wildman–Crippen MR) is 118 cm³/mol. The van der Waals surface area contributed by atoms with Crippen molar-refractivity contribution in [3.05, 3.63) is 57.6 Å². The van der Waals surface area contributed by atoms with Gasteiger partial charge in [-0.1, -0.05) is 0 Å². The summed E-state index contributed by atoms with van der Waals surface area (Å²) in [7, 11) is 0. The SMILES string of the molecule is O=C(O)c1cc(C(=O)O)c(C(=O)O)c(-c2cc(C(=O)O)cc(C(=O)OCCCCCO)c2C(=O)O)c1. The molecule has 0 aliphatic carbocycles. The molecule has 13 nitrogen and oxygen atoms in total. The Hall–Kier alpha value is -4.78. The van der Waals surface area contributed by atoms with Crippen LogP contribution in [0.5, 0.6) is 0 Å². The van der Waals surface area contributed by atoms with Gasteiger partial charge in [-0.25, -0.2) is 28.8 Å². The lowest BCUT2D eigenvalue weighted by Crippen LogP contribution is -2.18. The number of aromatic carboxylic acids is 5. The second-order valence-corrected chi connectivity index (χ2v) is 7.34. The van der Waals surface area contributed by atoms with E-state index in [0.29, 0.717) is 43.5 Å². The average molecular weight is 504 g/mol. The molecule has 36 heavy (non-hydrogen) atoms. The van der Waals surface area contributed by atoms with E-state index in [4.69, 9.17) is 9.84 Å². The molecule has 2 aromatic carbocycles. The Kier molecular flexibility index (Phi) is 8.83. The molecule has 0 aromatic heterocycles. The van der Waals surface area contributed by atoms with Gasteiger partial charge < -0.3 is 35.4 Å². The van der Waals surface area contributed by atoms with Crippen LogP contribution in [0.1, 0.15) is 81.4 Å². The van der Waals surface area contributed by atoms with Gasteiger partial charge >= 0.3 is 35.8 Å². The molecule has 13 heteroatoms. The summed E-state index contributed by atoms with van der Waals surface area (Å²) in [6, 6.07) is 2.63. The van der Waals surface area contributed by atoms with Crippen molar-refractivity contribution in [3.8, 4) is 11.1 Å². The Morgan fingerprint density at radius 2 is 1.06 bits per heavy atom. The minimum atomic E-state index is -1.87. The number of aliphatic hydroxyl groups is 1. The second kappa shape index (κ2) is 11.6. The van der Waals surface area contributed by atoms with E-state index in [-0.39, 0.29) is 13.2 Å². The Bertz CT molecular complexity index is 1260. The molecule has 0 aliphatic rings. The fourth-order valence-corrected chi connectivity index (χ4v) is 3.38. The number of hydrogen-bond donors (Lipinski definition) is 6. The molecule has 0 radical (unpaired) electrons. The number of benzene rings is 2. The average Bonchev–Trinajstić information content (AvgIpc) is 2.81. The first-order valence-corrected chi connectivity index (χ1v) is 10.2. The summed E-state index contributed by atoms with van der Waals surface area (Å²) < 4.78 is 5.01. The van der Waals surface area contributed by atoms with Crippen LogP contribution in [0.15, 0.2) is 24.3 Å². The van der Waals surface area contributed by atoms with Crippen molar-refractivity contribution in [2.45, 2.75) is 19.3 Å². The molecule has 0 amide bonds. The number of esters is 1. The van der Waals surface area contributed by atoms with Crippen molar-refractivity contribution in [1.82, 2.24) is 0 Å². The van der Waals surface area contributed by atoms with Crippen molar-refractivity contribution in [1.29, 1.82) is 0 Å². The Morgan fingerprint density at radius 3 is 1.47 bits per heavy atom. The quantitative estimate of drug-likeness (QED) is 0.180. The zero-order valence-electron chi connectivity index (χ0n) is 18.4. The van der Waals surface area contributed by atoms with Gasteiger partial charge in [0.1, 0.15) is 0 Å². The van der Waals surface area contributed by atoms with E-state index >= 15 is 0 Å². The smallest absolute Gasteiger partial charge is 0.339 e. The van der Waals surface area contributed by atoms with Crippen molar-refractivity contribution >= 4 is 35.8 Å². The van der Waals surface area contributed by atoms with Crippen molar-refractivity contribution < 1.29 is 64.1 Å². The van der Waals surface area contributed by atoms with E-state index < -0.39 is 80.3 Å². The van der Waals surface area contributed by atoms with Gasteiger partial charge in [-0.3, -0.25) is 0 Å². The monoisotopic (exact) mass is 504 g/mol. The van der Waals surface area contributed by atoms with E-state index in [1.165, 1.54) is 0 Å². The molecular weight excluding hydrogens is 484 g/mol. The second-order valence-electron chi connectivity index (χ2n) is 7.34. The van der Waals surface area contributed by atoms with Crippen LogP contribution >= 0.6 is 0 Å². The standard InChI is InChI=1S/C23H20O13/c24-4-2-1-3-5-36-23(35)15-9-11(19(27)28)7-13(17(15)22(33)34)12-6-10(18(25)26)8-14(20(29)30)16(12)21(31)32/h6-9,24H,1-5H2,(H,25,26)(H,27,28)(H,29,30)(H,31,32)(H,33,34). The van der Waals surface area contributed by atoms with Crippen LogP contribution in [0.3, 0.4) is 0 Å². The van der Waals surface area contributed by atoms with Gasteiger partial charge in [-0.15, -0.1) is 0 Å². The highest BCUT2D eigenvalue weighted by atomic mass is 16.5. The lowest BCUT2D eigenvalue weighted by atomic mass is 9.87. The van der Waals surface area contributed by atoms with Gasteiger partial charge in [-0.05, 0) is 54.7 Å². The van der Waals surface area contributed by atoms with Gasteiger partial charge in [0.2, 0.25) is 0 Å². The number of unbranched alkanes of at least 4 members (excludes halogenated alkanes) is 2. The number of carboxylic acid groups (broad SMARTS) is 5. The molecule has 0 saturated carbocycles. The molecule has 0 aliphatic heterocycles. The minimum Gasteiger partial charge on any atom is -0.478 e. The highest BCUT2D eigenvalue weighted by Crippen LogP contribution is 2.34. The van der Waals surface area contributed by atoms with E-state index in [9.17, 15) is 54.3 Å². The van der Waals surface area contributed by atoms with E-state index in [2.05, 4.69) is 0 Å². The first-order valence-electron chi connectivity index (χ1n) is 10.2. The Balaban J connectivity index is 2.90. The molecule has 2 rings (SSSR count). The molecule has 0 heterocycles. The Morgan fingerprint density at radius 1 is 0.583 bits per heavy atom. The molecule has 6 N–H and O–H groups in total. The van der Waals surface area contributed by atoms with Crippen molar-refractivity contribution in [2.24, 2.45) is 0 Å². The number of aliphatic hydroxyl groups excluding tert-OH is 1. The third-order valence-electron chi connectivity index (χ3n) is 4.97. The van der Waals surface area contributed by atoms with E-state index in [1.54, 1.807) is 0 Å². The highest BCUT2D eigenvalue weighted by Gasteiger charge is 2.30. The van der Waals surface area contributed by atoms with Crippen LogP contribution in [-0.2, 0) is 4.74 Å². The summed E-state index contributed by atoms with van der Waals surface area (Å²) >= 11 is 0. The topological polar surface area (TPSA) is 233 Å². The molecule has 0 atom stereocenters. The van der Waals surface area contributed by atoms with E-state index in [0.717, 1.165) is 0 Å². The third-order valence-corrected chi connectivity index (χ3v) is 4.97. The zero-order valence-corrected chi connectivity index (χ0v) is 18.4. The maximum Gasteiger partial charge on any atom is 0.339 e. The normalized spacial score (nSPS) is 10.5. The Labute approximate surface area is 201 Å². The number of carboxylic acids is 5. The van der Waals surface area contributed by atoms with Gasteiger partial charge in [0, 0.05) is 6.61 Å². The number of rotatable bonds is 12. The number of ether oxygens (including phenoxy) is 1. The van der Waals surface area contributed by atoms with Crippen LogP contribution in [-0.4, -0.2) is 79.7 Å². The van der Waals surface area contributed by atoms with Gasteiger partial charge in [0.05, 0.1) is 40.0 Å². The number of hydrogen-bond acceptors (Lipinski definition) is 8. The van der Waals surface area contributed by atoms with Crippen molar-refractivity contribution in [2.75, 3.05) is 13.2 Å². The summed E-state index contributed by atoms with van der Waals surface area (Å²) in [6.45, 7) is -0.302. The molecule has 0 fully saturated rings. The first kappa shape index (κ1) is 27.5. The van der Waals surface area contributed by atoms with Crippen LogP contribution in [0, 0.1) is 0 Å². The third kappa shape index (κ3) is 6.01. The lowest BCUT2D eigenvalue weighted by Gasteiger charge is -2.17. The highest BCUT2D eigenvalue weighted by molar-refractivity contribution is 6.14. The molecule has 0 bridgehead atoms. The molecule has 0 unspecified atom stereocenters. The number of carbonyl (C=O) groups excluding carboxylic acids is 1. The molecule has 190 valence electrons. The van der Waals surface area contributed by atoms with Gasteiger partial charge in [0.25, 0.3) is 0 Å². The fraction of sp³-hybridized carbons (Fsp3) is 0.217. The fourth-order valence-electron chi connectivity index (χ4n) is 3.38. The summed E-state index contributed by atoms with van der Waals surface area (Å²) in [5.74, 6) is -10.1. The molecule has 0 spiro atoms. The minimum absolute atomic E-state index is 0.0965. The maximum absolute atomic E-state index is 12.7. The van der Waals surface area contributed by atoms with Gasteiger partial charge in [0.15, 0.2) is 0 Å². The lowest BCUT2D eigenvalue weighted by molar-refractivity contribution is 0.0486. The number of carbonyl (C=O) groups is 6. The van der Waals surface area contributed by atoms with Crippen LogP contribution < -0.4 is 0 Å². The molecular formula is C23H20O13. The summed E-state index contributed by atoms with van der Waals surface area (Å²) in [4.78, 5) is 71.8. The van der Waals surface area contributed by atoms with Crippen LogP contribution in [0.25, 0.3) is 11.1 Å². The molecule has 2 aromatic rings. The molecule has 0 saturated heterocycles. The van der Waals surface area contributed by atoms with Crippen LogP contribution in [0.4, 0.5) is 0 Å². The largest absolute Gasteiger partial charge is 0.478 e. The summed E-state index contributed by atoms with van der Waals surface area (Å²) in [6.07, 6.45) is 1.18. The predicted octanol–water partition coefficient (Wildman–Crippen LogP) is 2.16. The van der Waals surface area contributed by atoms with Crippen LogP contribution in [0.2, 0.25) is 0 Å². The zero-order chi connectivity index (χ0) is 27.2. The van der Waals surface area contributed by atoms with Gasteiger partial charge in [-0.2, -0.15) is 0 Å². The summed E-state index contributed by atoms with van der Waals surface area (Å²) in [5.41, 5.74) is -6.54.